The summed E-state index contributed by atoms with van der Waals surface area (Å²) in [4.78, 5) is 17.9. The number of hydrogen-bond acceptors (Lipinski definition) is 4. The normalized spacial score (nSPS) is 17.3. The highest BCUT2D eigenvalue weighted by molar-refractivity contribution is 5.67. The lowest BCUT2D eigenvalue weighted by Crippen LogP contribution is -2.44. The van der Waals surface area contributed by atoms with E-state index in [9.17, 15) is 4.79 Å². The molecule has 0 spiro atoms. The lowest BCUT2D eigenvalue weighted by Gasteiger charge is -2.32. The van der Waals surface area contributed by atoms with Crippen LogP contribution < -0.4 is 4.74 Å². The molecule has 0 radical (unpaired) electrons. The van der Waals surface area contributed by atoms with Crippen LogP contribution in [0.25, 0.3) is 5.69 Å². The molecule has 0 saturated carbocycles. The van der Waals surface area contributed by atoms with Crippen molar-refractivity contribution in [1.82, 2.24) is 14.5 Å². The van der Waals surface area contributed by atoms with Crippen LogP contribution in [0.2, 0.25) is 0 Å². The fourth-order valence-corrected chi connectivity index (χ4v) is 2.90. The van der Waals surface area contributed by atoms with Gasteiger partial charge >= 0.3 is 6.09 Å². The van der Waals surface area contributed by atoms with Gasteiger partial charge in [0.1, 0.15) is 11.9 Å². The average Bonchev–Trinajstić information content (AvgIpc) is 3.17. The van der Waals surface area contributed by atoms with Crippen LogP contribution in [0.1, 0.15) is 32.6 Å². The predicted molar refractivity (Wildman–Crippen MR) is 95.0 cm³/mol. The highest BCUT2D eigenvalue weighted by atomic mass is 16.6. The first-order chi connectivity index (χ1) is 12.3. The summed E-state index contributed by atoms with van der Waals surface area (Å²) in [5.74, 6) is 0.815. The van der Waals surface area contributed by atoms with Crippen molar-refractivity contribution in [2.45, 2.75) is 38.7 Å². The van der Waals surface area contributed by atoms with Crippen molar-refractivity contribution >= 4 is 6.09 Å². The second-order valence-corrected chi connectivity index (χ2v) is 6.26. The summed E-state index contributed by atoms with van der Waals surface area (Å²) in [6, 6.07) is 7.90. The molecule has 1 atom stereocenters. The van der Waals surface area contributed by atoms with Crippen LogP contribution >= 0.6 is 0 Å². The minimum absolute atomic E-state index is 0.00608. The van der Waals surface area contributed by atoms with E-state index < -0.39 is 0 Å². The number of unbranched alkanes of at least 4 members (excludes halogenated alkanes) is 1. The number of aromatic nitrogens is 2. The number of carbonyl (C=O) groups is 1. The number of imidazole rings is 1. The third kappa shape index (κ3) is 4.75. The number of rotatable bonds is 6. The summed E-state index contributed by atoms with van der Waals surface area (Å²) >= 11 is 0. The van der Waals surface area contributed by atoms with Crippen molar-refractivity contribution < 1.29 is 14.3 Å². The lowest BCUT2D eigenvalue weighted by atomic mass is 10.1. The van der Waals surface area contributed by atoms with E-state index in [1.165, 1.54) is 0 Å². The van der Waals surface area contributed by atoms with Crippen LogP contribution in [0.5, 0.6) is 5.75 Å². The van der Waals surface area contributed by atoms with E-state index in [0.717, 1.165) is 43.7 Å². The Morgan fingerprint density at radius 1 is 1.32 bits per heavy atom. The number of piperidine rings is 1. The average molecular weight is 343 g/mol. The van der Waals surface area contributed by atoms with Crippen molar-refractivity contribution in [2.24, 2.45) is 0 Å². The highest BCUT2D eigenvalue weighted by Gasteiger charge is 2.25. The van der Waals surface area contributed by atoms with E-state index in [4.69, 9.17) is 9.47 Å². The molecule has 134 valence electrons. The fourth-order valence-electron chi connectivity index (χ4n) is 2.90. The Morgan fingerprint density at radius 2 is 2.16 bits per heavy atom. The first-order valence-corrected chi connectivity index (χ1v) is 8.93. The van der Waals surface area contributed by atoms with Crippen LogP contribution in [-0.4, -0.2) is 46.3 Å². The monoisotopic (exact) mass is 343 g/mol. The predicted octanol–water partition coefficient (Wildman–Crippen LogP) is 3.65. The van der Waals surface area contributed by atoms with Crippen LogP contribution in [0.15, 0.2) is 43.0 Å². The highest BCUT2D eigenvalue weighted by Crippen LogP contribution is 2.20. The largest absolute Gasteiger partial charge is 0.489 e. The summed E-state index contributed by atoms with van der Waals surface area (Å²) in [6.45, 7) is 3.89. The van der Waals surface area contributed by atoms with Gasteiger partial charge in [0.25, 0.3) is 0 Å². The fraction of sp³-hybridized carbons (Fsp3) is 0.474. The molecule has 1 aliphatic rings. The maximum absolute atomic E-state index is 12.1. The van der Waals surface area contributed by atoms with E-state index >= 15 is 0 Å². The van der Waals surface area contributed by atoms with E-state index in [1.54, 1.807) is 17.4 Å². The summed E-state index contributed by atoms with van der Waals surface area (Å²) in [7, 11) is 0. The molecule has 2 aromatic rings. The van der Waals surface area contributed by atoms with Gasteiger partial charge in [0.2, 0.25) is 0 Å². The minimum Gasteiger partial charge on any atom is -0.489 e. The number of hydrogen-bond donors (Lipinski definition) is 0. The Hall–Kier alpha value is -2.50. The Kier molecular flexibility index (Phi) is 5.93. The molecule has 0 aliphatic carbocycles. The van der Waals surface area contributed by atoms with Gasteiger partial charge in [-0.15, -0.1) is 0 Å². The maximum atomic E-state index is 12.1. The second kappa shape index (κ2) is 8.55. The second-order valence-electron chi connectivity index (χ2n) is 6.26. The number of amides is 1. The molecule has 0 bridgehead atoms. The first kappa shape index (κ1) is 17.3. The Morgan fingerprint density at radius 3 is 2.88 bits per heavy atom. The van der Waals surface area contributed by atoms with Crippen molar-refractivity contribution in [1.29, 1.82) is 0 Å². The topological polar surface area (TPSA) is 56.6 Å². The molecular weight excluding hydrogens is 318 g/mol. The molecule has 1 saturated heterocycles. The van der Waals surface area contributed by atoms with Gasteiger partial charge in [-0.3, -0.25) is 0 Å². The van der Waals surface area contributed by atoms with Crippen molar-refractivity contribution in [3.63, 3.8) is 0 Å². The van der Waals surface area contributed by atoms with Gasteiger partial charge in [0.15, 0.2) is 0 Å². The van der Waals surface area contributed by atoms with Gasteiger partial charge in [-0.2, -0.15) is 0 Å². The van der Waals surface area contributed by atoms with Gasteiger partial charge in [0, 0.05) is 24.6 Å². The van der Waals surface area contributed by atoms with Crippen LogP contribution in [0.4, 0.5) is 4.79 Å². The molecule has 0 N–H and O–H groups in total. The van der Waals surface area contributed by atoms with Gasteiger partial charge in [-0.1, -0.05) is 13.3 Å². The van der Waals surface area contributed by atoms with E-state index in [-0.39, 0.29) is 12.2 Å². The van der Waals surface area contributed by atoms with Crippen LogP contribution in [-0.2, 0) is 4.74 Å². The molecule has 25 heavy (non-hydrogen) atoms. The standard InChI is InChI=1S/C19H25N3O3/c1-2-3-13-24-19(23)21-11-4-5-18(14-21)25-17-8-6-16(7-9-17)22-12-10-20-15-22/h6-10,12,15,18H,2-5,11,13-14H2,1H3/t18-/m1/s1. The number of nitrogens with zero attached hydrogens (tertiary/aromatic N) is 3. The van der Waals surface area contributed by atoms with Gasteiger partial charge in [-0.25, -0.2) is 9.78 Å². The molecule has 1 aromatic heterocycles. The first-order valence-electron chi connectivity index (χ1n) is 8.93. The van der Waals surface area contributed by atoms with Crippen LogP contribution in [0.3, 0.4) is 0 Å². The molecule has 1 aromatic carbocycles. The number of benzene rings is 1. The zero-order chi connectivity index (χ0) is 17.5. The quantitative estimate of drug-likeness (QED) is 0.751. The van der Waals surface area contributed by atoms with Gasteiger partial charge in [0.05, 0.1) is 19.5 Å². The molecule has 2 heterocycles. The zero-order valence-corrected chi connectivity index (χ0v) is 14.6. The SMILES string of the molecule is CCCCOC(=O)N1CCC[C@@H](Oc2ccc(-n3ccnc3)cc2)C1. The van der Waals surface area contributed by atoms with Crippen molar-refractivity contribution in [3.8, 4) is 11.4 Å². The molecule has 1 fully saturated rings. The molecular formula is C19H25N3O3. The third-order valence-electron chi connectivity index (χ3n) is 4.30. The van der Waals surface area contributed by atoms with Crippen molar-refractivity contribution in [3.05, 3.63) is 43.0 Å². The van der Waals surface area contributed by atoms with E-state index in [1.807, 2.05) is 35.0 Å². The summed E-state index contributed by atoms with van der Waals surface area (Å²) in [5, 5.41) is 0. The molecule has 0 unspecified atom stereocenters. The van der Waals surface area contributed by atoms with E-state index in [0.29, 0.717) is 13.2 Å². The maximum Gasteiger partial charge on any atom is 0.409 e. The minimum atomic E-state index is -0.225. The van der Waals surface area contributed by atoms with Crippen molar-refractivity contribution in [2.75, 3.05) is 19.7 Å². The Balaban J connectivity index is 1.53. The zero-order valence-electron chi connectivity index (χ0n) is 14.6. The van der Waals surface area contributed by atoms with Gasteiger partial charge < -0.3 is 18.9 Å². The molecule has 3 rings (SSSR count). The van der Waals surface area contributed by atoms with Gasteiger partial charge in [-0.05, 0) is 43.5 Å². The smallest absolute Gasteiger partial charge is 0.409 e. The molecule has 1 amide bonds. The summed E-state index contributed by atoms with van der Waals surface area (Å²) < 4.78 is 13.3. The Bertz CT molecular complexity index is 655. The summed E-state index contributed by atoms with van der Waals surface area (Å²) in [5.41, 5.74) is 1.04. The third-order valence-corrected chi connectivity index (χ3v) is 4.30. The molecule has 1 aliphatic heterocycles. The number of carbonyl (C=O) groups excluding carboxylic acids is 1. The van der Waals surface area contributed by atoms with E-state index in [2.05, 4.69) is 11.9 Å². The lowest BCUT2D eigenvalue weighted by molar-refractivity contribution is 0.0581. The molecule has 6 nitrogen and oxygen atoms in total. The molecule has 6 heteroatoms. The number of ether oxygens (including phenoxy) is 2. The number of likely N-dealkylation sites (tertiary alicyclic amines) is 1. The van der Waals surface area contributed by atoms with Crippen LogP contribution in [0, 0.1) is 0 Å². The summed E-state index contributed by atoms with van der Waals surface area (Å²) in [6.07, 6.45) is 9.00. The Labute approximate surface area is 148 Å².